The Morgan fingerprint density at radius 3 is 2.40 bits per heavy atom. The Balaban J connectivity index is 1.66. The van der Waals surface area contributed by atoms with Gasteiger partial charge in [-0.1, -0.05) is 63.8 Å². The third kappa shape index (κ3) is 8.47. The number of nitrogens with two attached hydrogens (primary N) is 1. The summed E-state index contributed by atoms with van der Waals surface area (Å²) in [5.74, 6) is -1.71. The number of urea groups is 1. The van der Waals surface area contributed by atoms with Crippen LogP contribution in [0, 0.1) is 11.3 Å². The molecule has 3 aliphatic rings. The van der Waals surface area contributed by atoms with Crippen LogP contribution in [-0.4, -0.2) is 75.7 Å². The van der Waals surface area contributed by atoms with Crippen molar-refractivity contribution in [3.05, 3.63) is 40.9 Å². The number of nitrogens with one attached hydrogen (secondary N) is 4. The molecular weight excluding hydrogens is 600 g/mol. The van der Waals surface area contributed by atoms with Crippen LogP contribution in [0.1, 0.15) is 79.2 Å². The monoisotopic (exact) mass is 646 g/mol. The van der Waals surface area contributed by atoms with Gasteiger partial charge in [0.05, 0.1) is 18.3 Å². The molecule has 12 nitrogen and oxygen atoms in total. The van der Waals surface area contributed by atoms with Crippen LogP contribution in [0.4, 0.5) is 4.79 Å². The number of amides is 5. The number of aliphatic hydroxyl groups is 1. The Labute approximate surface area is 269 Å². The SMILES string of the molecule is CC(C)(C)NC(=O)N[C@H](C(=O)N1C[C@@]2(C=C(c3cccc(Cl)c3)NO2)C[C@H]1C(=O)NC(CC1CCC1)C(O)C(N)=O)C(C)(C)C. The van der Waals surface area contributed by atoms with Gasteiger partial charge in [0.15, 0.2) is 6.10 Å². The van der Waals surface area contributed by atoms with E-state index in [1.165, 1.54) is 4.90 Å². The van der Waals surface area contributed by atoms with Crippen LogP contribution in [0.2, 0.25) is 5.02 Å². The lowest BCUT2D eigenvalue weighted by Crippen LogP contribution is -2.61. The van der Waals surface area contributed by atoms with Crippen LogP contribution in [0.3, 0.4) is 0 Å². The molecule has 13 heteroatoms. The molecule has 1 aromatic rings. The van der Waals surface area contributed by atoms with E-state index in [1.807, 2.05) is 53.7 Å². The molecule has 45 heavy (non-hydrogen) atoms. The van der Waals surface area contributed by atoms with Gasteiger partial charge in [0.1, 0.15) is 17.7 Å². The van der Waals surface area contributed by atoms with E-state index in [1.54, 1.807) is 18.2 Å². The second kappa shape index (κ2) is 13.2. The molecule has 2 unspecified atom stereocenters. The average molecular weight is 647 g/mol. The number of rotatable bonds is 9. The average Bonchev–Trinajstić information content (AvgIpc) is 3.50. The Bertz CT molecular complexity index is 1340. The summed E-state index contributed by atoms with van der Waals surface area (Å²) in [6.45, 7) is 11.0. The number of hydrogen-bond donors (Lipinski definition) is 6. The zero-order chi connectivity index (χ0) is 33.3. The van der Waals surface area contributed by atoms with Crippen molar-refractivity contribution >= 4 is 41.1 Å². The van der Waals surface area contributed by atoms with Gasteiger partial charge in [-0.2, -0.15) is 0 Å². The van der Waals surface area contributed by atoms with Crippen LogP contribution in [-0.2, 0) is 19.2 Å². The number of aliphatic hydroxyl groups excluding tert-OH is 1. The Morgan fingerprint density at radius 2 is 1.84 bits per heavy atom. The summed E-state index contributed by atoms with van der Waals surface area (Å²) in [5.41, 5.74) is 7.41. The first-order valence-corrected chi connectivity index (χ1v) is 15.8. The number of hydroxylamine groups is 1. The van der Waals surface area contributed by atoms with Crippen LogP contribution >= 0.6 is 11.6 Å². The number of carbonyl (C=O) groups excluding carboxylic acids is 4. The normalized spacial score (nSPS) is 23.8. The van der Waals surface area contributed by atoms with Crippen molar-refractivity contribution in [2.75, 3.05) is 6.54 Å². The van der Waals surface area contributed by atoms with Crippen molar-refractivity contribution in [3.63, 3.8) is 0 Å². The van der Waals surface area contributed by atoms with Gasteiger partial charge in [-0.05, 0) is 56.7 Å². The first kappa shape index (κ1) is 34.5. The molecular formula is C32H47ClN6O6. The van der Waals surface area contributed by atoms with Crippen LogP contribution in [0.15, 0.2) is 30.3 Å². The molecule has 0 radical (unpaired) electrons. The highest BCUT2D eigenvalue weighted by molar-refractivity contribution is 6.30. The van der Waals surface area contributed by atoms with Gasteiger partial charge >= 0.3 is 6.03 Å². The molecule has 1 saturated carbocycles. The molecule has 5 amide bonds. The Hall–Kier alpha value is -3.35. The Kier molecular flexibility index (Phi) is 10.1. The van der Waals surface area contributed by atoms with Gasteiger partial charge in [0.25, 0.3) is 0 Å². The van der Waals surface area contributed by atoms with Crippen LogP contribution < -0.4 is 27.2 Å². The predicted octanol–water partition coefficient (Wildman–Crippen LogP) is 2.59. The van der Waals surface area contributed by atoms with Crippen molar-refractivity contribution in [1.82, 2.24) is 26.3 Å². The van der Waals surface area contributed by atoms with Crippen LogP contribution in [0.5, 0.6) is 0 Å². The molecule has 0 aromatic heterocycles. The fraction of sp³-hybridized carbons (Fsp3) is 0.625. The van der Waals surface area contributed by atoms with E-state index >= 15 is 0 Å². The Morgan fingerprint density at radius 1 is 1.16 bits per heavy atom. The zero-order valence-corrected chi connectivity index (χ0v) is 27.7. The van der Waals surface area contributed by atoms with Gasteiger partial charge in [0.2, 0.25) is 17.7 Å². The van der Waals surface area contributed by atoms with Crippen LogP contribution in [0.25, 0.3) is 5.70 Å². The quantitative estimate of drug-likeness (QED) is 0.239. The van der Waals surface area contributed by atoms with Crippen molar-refractivity contribution < 1.29 is 29.1 Å². The minimum atomic E-state index is -1.59. The highest BCUT2D eigenvalue weighted by Gasteiger charge is 2.54. The number of nitrogens with zero attached hydrogens (tertiary/aromatic N) is 1. The first-order chi connectivity index (χ1) is 20.9. The van der Waals surface area contributed by atoms with E-state index in [0.29, 0.717) is 17.1 Å². The third-order valence-corrected chi connectivity index (χ3v) is 8.77. The molecule has 1 spiro atoms. The smallest absolute Gasteiger partial charge is 0.315 e. The topological polar surface area (TPSA) is 175 Å². The van der Waals surface area contributed by atoms with E-state index < -0.39 is 64.5 Å². The molecule has 2 aliphatic heterocycles. The van der Waals surface area contributed by atoms with Crippen molar-refractivity contribution in [2.45, 2.75) is 109 Å². The standard InChI is InChI=1S/C32H47ClN6O6/c1-30(2,3)25(36-29(44)37-31(4,5)6)28(43)39-17-32(15-22(38-45-32)19-11-8-12-20(33)14-19)16-23(39)27(42)35-21(24(40)26(34)41)13-18-9-7-10-18/h8,11-12,14-15,18,21,23-25,38,40H,7,9-10,13,16-17H2,1-6H3,(H2,34,41)(H,35,42)(H2,36,37,44)/t21?,23-,24?,25+,32+/m0/s1. The summed E-state index contributed by atoms with van der Waals surface area (Å²) >= 11 is 6.22. The second-order valence-electron chi connectivity index (χ2n) is 14.7. The number of likely N-dealkylation sites (tertiary alicyclic amines) is 1. The molecule has 4 rings (SSSR count). The minimum absolute atomic E-state index is 0.00179. The molecule has 1 aliphatic carbocycles. The number of hydrogen-bond acceptors (Lipinski definition) is 7. The lowest BCUT2D eigenvalue weighted by molar-refractivity contribution is -0.143. The number of primary amides is 1. The molecule has 248 valence electrons. The van der Waals surface area contributed by atoms with E-state index in [9.17, 15) is 24.3 Å². The number of carbonyl (C=O) groups is 4. The van der Waals surface area contributed by atoms with Gasteiger partial charge in [0, 0.05) is 22.5 Å². The highest BCUT2D eigenvalue weighted by Crippen LogP contribution is 2.39. The van der Waals surface area contributed by atoms with Gasteiger partial charge in [-0.3, -0.25) is 24.7 Å². The van der Waals surface area contributed by atoms with E-state index in [-0.39, 0.29) is 18.9 Å². The van der Waals surface area contributed by atoms with Gasteiger partial charge < -0.3 is 31.7 Å². The zero-order valence-electron chi connectivity index (χ0n) is 26.9. The fourth-order valence-corrected chi connectivity index (χ4v) is 6.17. The molecule has 1 aromatic carbocycles. The lowest BCUT2D eigenvalue weighted by atomic mass is 9.79. The summed E-state index contributed by atoms with van der Waals surface area (Å²) < 4.78 is 0. The molecule has 0 bridgehead atoms. The van der Waals surface area contributed by atoms with Crippen molar-refractivity contribution in [2.24, 2.45) is 17.1 Å². The highest BCUT2D eigenvalue weighted by atomic mass is 35.5. The molecule has 2 heterocycles. The first-order valence-electron chi connectivity index (χ1n) is 15.5. The fourth-order valence-electron chi connectivity index (χ4n) is 5.98. The van der Waals surface area contributed by atoms with Crippen molar-refractivity contribution in [1.29, 1.82) is 0 Å². The largest absolute Gasteiger partial charge is 0.381 e. The summed E-state index contributed by atoms with van der Waals surface area (Å²) in [7, 11) is 0. The summed E-state index contributed by atoms with van der Waals surface area (Å²) in [6, 6.07) is 3.71. The van der Waals surface area contributed by atoms with E-state index in [2.05, 4.69) is 21.4 Å². The molecule has 2 fully saturated rings. The maximum absolute atomic E-state index is 14.4. The summed E-state index contributed by atoms with van der Waals surface area (Å²) in [6.07, 6.45) is 3.62. The van der Waals surface area contributed by atoms with E-state index in [4.69, 9.17) is 22.2 Å². The second-order valence-corrected chi connectivity index (χ2v) is 15.1. The molecule has 1 saturated heterocycles. The lowest BCUT2D eigenvalue weighted by Gasteiger charge is -2.37. The maximum Gasteiger partial charge on any atom is 0.315 e. The summed E-state index contributed by atoms with van der Waals surface area (Å²) in [4.78, 5) is 60.8. The minimum Gasteiger partial charge on any atom is -0.381 e. The maximum atomic E-state index is 14.4. The van der Waals surface area contributed by atoms with E-state index in [0.717, 1.165) is 24.8 Å². The number of benzene rings is 1. The van der Waals surface area contributed by atoms with Crippen molar-refractivity contribution in [3.8, 4) is 0 Å². The third-order valence-electron chi connectivity index (χ3n) is 8.54. The molecule has 5 atom stereocenters. The molecule has 7 N–H and O–H groups in total. The van der Waals surface area contributed by atoms with Gasteiger partial charge in [-0.25, -0.2) is 4.79 Å². The predicted molar refractivity (Wildman–Crippen MR) is 170 cm³/mol. The summed E-state index contributed by atoms with van der Waals surface area (Å²) in [5, 5.41) is 19.6. The van der Waals surface area contributed by atoms with Gasteiger partial charge in [-0.15, -0.1) is 0 Å². The number of halogens is 1.